The molecule has 1 N–H and O–H groups in total. The Labute approximate surface area is 117 Å². The van der Waals surface area contributed by atoms with Crippen LogP contribution in [0.4, 0.5) is 5.69 Å². The van der Waals surface area contributed by atoms with Crippen molar-refractivity contribution in [3.05, 3.63) is 32.9 Å². The minimum Gasteiger partial charge on any atom is -0.451 e. The summed E-state index contributed by atoms with van der Waals surface area (Å²) in [6, 6.07) is 1.94. The lowest BCUT2D eigenvalue weighted by molar-refractivity contribution is 0.494. The number of aromatic nitrogens is 2. The molecule has 0 atom stereocenters. The highest BCUT2D eigenvalue weighted by molar-refractivity contribution is 9.13. The second-order valence-corrected chi connectivity index (χ2v) is 5.28. The molecule has 0 fully saturated rings. The summed E-state index contributed by atoms with van der Waals surface area (Å²) in [7, 11) is 1.92. The second-order valence-electron chi connectivity index (χ2n) is 3.70. The first kappa shape index (κ1) is 12.7. The van der Waals surface area contributed by atoms with Crippen LogP contribution in [-0.4, -0.2) is 9.78 Å². The van der Waals surface area contributed by atoms with E-state index in [-0.39, 0.29) is 0 Å². The maximum absolute atomic E-state index is 5.50. The van der Waals surface area contributed by atoms with Crippen LogP contribution in [0.1, 0.15) is 18.4 Å². The first-order valence-corrected chi connectivity index (χ1v) is 6.89. The molecule has 0 amide bonds. The third kappa shape index (κ3) is 2.93. The lowest BCUT2D eigenvalue weighted by Gasteiger charge is -2.02. The fourth-order valence-electron chi connectivity index (χ4n) is 1.60. The van der Waals surface area contributed by atoms with Gasteiger partial charge in [0.2, 0.25) is 0 Å². The summed E-state index contributed by atoms with van der Waals surface area (Å²) in [5, 5.41) is 7.69. The van der Waals surface area contributed by atoms with Gasteiger partial charge in [-0.05, 0) is 44.3 Å². The number of hydrogen-bond donors (Lipinski definition) is 1. The molecule has 17 heavy (non-hydrogen) atoms. The molecule has 0 aromatic carbocycles. The fraction of sp³-hybridized carbons (Fsp3) is 0.364. The van der Waals surface area contributed by atoms with Gasteiger partial charge in [0.05, 0.1) is 22.4 Å². The number of nitrogens with one attached hydrogen (secondary N) is 1. The topological polar surface area (TPSA) is 43.0 Å². The highest BCUT2D eigenvalue weighted by Crippen LogP contribution is 2.27. The van der Waals surface area contributed by atoms with Crippen molar-refractivity contribution in [2.75, 3.05) is 5.32 Å². The van der Waals surface area contributed by atoms with Crippen molar-refractivity contribution in [2.24, 2.45) is 7.05 Å². The molecule has 2 aromatic rings. The van der Waals surface area contributed by atoms with Gasteiger partial charge in [-0.1, -0.05) is 6.92 Å². The summed E-state index contributed by atoms with van der Waals surface area (Å²) in [4.78, 5) is 0. The molecule has 4 nitrogen and oxygen atoms in total. The summed E-state index contributed by atoms with van der Waals surface area (Å²) in [6.45, 7) is 2.73. The summed E-state index contributed by atoms with van der Waals surface area (Å²) in [5.41, 5.74) is 2.12. The largest absolute Gasteiger partial charge is 0.451 e. The normalized spacial score (nSPS) is 10.8. The minimum atomic E-state index is 0.642. The molecule has 0 aliphatic heterocycles. The standard InChI is InChI=1S/C11H13Br2N3O/c1-3-9-10(6-16(2)15-9)14-5-7-4-8(12)11(13)17-7/h4,6,14H,3,5H2,1-2H3. The van der Waals surface area contributed by atoms with E-state index in [0.29, 0.717) is 6.54 Å². The highest BCUT2D eigenvalue weighted by atomic mass is 79.9. The predicted molar refractivity (Wildman–Crippen MR) is 74.0 cm³/mol. The minimum absolute atomic E-state index is 0.642. The van der Waals surface area contributed by atoms with Crippen LogP contribution >= 0.6 is 31.9 Å². The van der Waals surface area contributed by atoms with E-state index >= 15 is 0 Å². The lowest BCUT2D eigenvalue weighted by Crippen LogP contribution is -1.99. The maximum Gasteiger partial charge on any atom is 0.183 e. The molecule has 0 saturated carbocycles. The lowest BCUT2D eigenvalue weighted by atomic mass is 10.3. The van der Waals surface area contributed by atoms with Crippen LogP contribution < -0.4 is 5.32 Å². The van der Waals surface area contributed by atoms with Crippen LogP contribution in [0.3, 0.4) is 0 Å². The third-order valence-corrected chi connectivity index (χ3v) is 4.10. The number of aryl methyl sites for hydroxylation is 2. The van der Waals surface area contributed by atoms with Crippen molar-refractivity contribution in [3.8, 4) is 0 Å². The van der Waals surface area contributed by atoms with Crippen LogP contribution in [0.15, 0.2) is 25.8 Å². The van der Waals surface area contributed by atoms with Gasteiger partial charge in [0.25, 0.3) is 0 Å². The Bertz CT molecular complexity index is 499. The van der Waals surface area contributed by atoms with Gasteiger partial charge in [0.15, 0.2) is 4.67 Å². The van der Waals surface area contributed by atoms with E-state index in [9.17, 15) is 0 Å². The molecule has 0 saturated heterocycles. The second kappa shape index (κ2) is 5.27. The quantitative estimate of drug-likeness (QED) is 0.901. The van der Waals surface area contributed by atoms with E-state index in [1.54, 1.807) is 0 Å². The Morgan fingerprint density at radius 2 is 2.24 bits per heavy atom. The van der Waals surface area contributed by atoms with E-state index in [0.717, 1.165) is 32.7 Å². The van der Waals surface area contributed by atoms with Crippen molar-refractivity contribution >= 4 is 37.5 Å². The predicted octanol–water partition coefficient (Wildman–Crippen LogP) is 3.71. The summed E-state index contributed by atoms with van der Waals surface area (Å²) >= 11 is 6.71. The Morgan fingerprint density at radius 3 is 2.82 bits per heavy atom. The third-order valence-electron chi connectivity index (χ3n) is 2.39. The average molecular weight is 363 g/mol. The van der Waals surface area contributed by atoms with E-state index in [2.05, 4.69) is 49.2 Å². The molecule has 0 radical (unpaired) electrons. The Balaban J connectivity index is 2.06. The zero-order valence-corrected chi connectivity index (χ0v) is 12.8. The number of halogens is 2. The molecule has 6 heteroatoms. The summed E-state index contributed by atoms with van der Waals surface area (Å²) in [6.07, 6.45) is 2.89. The van der Waals surface area contributed by atoms with E-state index in [1.165, 1.54) is 0 Å². The molecule has 0 aliphatic carbocycles. The number of hydrogen-bond acceptors (Lipinski definition) is 3. The zero-order valence-electron chi connectivity index (χ0n) is 9.63. The monoisotopic (exact) mass is 361 g/mol. The summed E-state index contributed by atoms with van der Waals surface area (Å²) in [5.74, 6) is 0.870. The first-order chi connectivity index (χ1) is 8.10. The smallest absolute Gasteiger partial charge is 0.183 e. The van der Waals surface area contributed by atoms with Crippen molar-refractivity contribution in [1.29, 1.82) is 0 Å². The maximum atomic E-state index is 5.50. The Morgan fingerprint density at radius 1 is 1.47 bits per heavy atom. The molecule has 0 aliphatic rings. The zero-order chi connectivity index (χ0) is 12.4. The number of anilines is 1. The molecular weight excluding hydrogens is 350 g/mol. The molecule has 2 rings (SSSR count). The highest BCUT2D eigenvalue weighted by Gasteiger charge is 2.08. The van der Waals surface area contributed by atoms with Crippen LogP contribution in [-0.2, 0) is 20.0 Å². The SMILES string of the molecule is CCc1nn(C)cc1NCc1cc(Br)c(Br)o1. The van der Waals surface area contributed by atoms with E-state index in [1.807, 2.05) is 24.0 Å². The van der Waals surface area contributed by atoms with Gasteiger partial charge in [0, 0.05) is 13.2 Å². The average Bonchev–Trinajstić information content (AvgIpc) is 2.80. The molecule has 0 bridgehead atoms. The first-order valence-electron chi connectivity index (χ1n) is 5.30. The van der Waals surface area contributed by atoms with Gasteiger partial charge < -0.3 is 9.73 Å². The van der Waals surface area contributed by atoms with Gasteiger partial charge in [0.1, 0.15) is 5.76 Å². The van der Waals surface area contributed by atoms with Crippen LogP contribution in [0.25, 0.3) is 0 Å². The molecule has 0 unspecified atom stereocenters. The molecule has 2 aromatic heterocycles. The van der Waals surface area contributed by atoms with Crippen molar-refractivity contribution in [1.82, 2.24) is 9.78 Å². The molecule has 0 spiro atoms. The molecule has 92 valence electrons. The van der Waals surface area contributed by atoms with Crippen LogP contribution in [0.5, 0.6) is 0 Å². The molecular formula is C11H13Br2N3O. The van der Waals surface area contributed by atoms with Crippen molar-refractivity contribution in [3.63, 3.8) is 0 Å². The number of nitrogens with zero attached hydrogens (tertiary/aromatic N) is 2. The van der Waals surface area contributed by atoms with E-state index in [4.69, 9.17) is 4.42 Å². The van der Waals surface area contributed by atoms with Gasteiger partial charge in [-0.3, -0.25) is 4.68 Å². The van der Waals surface area contributed by atoms with Gasteiger partial charge in [-0.15, -0.1) is 0 Å². The van der Waals surface area contributed by atoms with Crippen LogP contribution in [0.2, 0.25) is 0 Å². The van der Waals surface area contributed by atoms with Crippen molar-refractivity contribution < 1.29 is 4.42 Å². The summed E-state index contributed by atoms with van der Waals surface area (Å²) < 4.78 is 8.96. The number of rotatable bonds is 4. The van der Waals surface area contributed by atoms with Gasteiger partial charge in [-0.25, -0.2) is 0 Å². The van der Waals surface area contributed by atoms with Crippen LogP contribution in [0, 0.1) is 0 Å². The fourth-order valence-corrected chi connectivity index (χ4v) is 2.26. The molecule has 2 heterocycles. The van der Waals surface area contributed by atoms with Gasteiger partial charge in [-0.2, -0.15) is 5.10 Å². The van der Waals surface area contributed by atoms with Crippen molar-refractivity contribution in [2.45, 2.75) is 19.9 Å². The van der Waals surface area contributed by atoms with E-state index < -0.39 is 0 Å². The Kier molecular flexibility index (Phi) is 3.93. The Hall–Kier alpha value is -0.750. The number of furan rings is 1. The van der Waals surface area contributed by atoms with Gasteiger partial charge >= 0.3 is 0 Å².